The highest BCUT2D eigenvalue weighted by molar-refractivity contribution is 5.94. The van der Waals surface area contributed by atoms with E-state index in [0.29, 0.717) is 11.5 Å². The third-order valence-electron chi connectivity index (χ3n) is 3.41. The van der Waals surface area contributed by atoms with Gasteiger partial charge in [-0.2, -0.15) is 0 Å². The zero-order chi connectivity index (χ0) is 13.1. The lowest BCUT2D eigenvalue weighted by Gasteiger charge is -2.21. The SMILES string of the molecule is COCC1CCN(c2cc(C)ccc2C(=O)O)C1. The van der Waals surface area contributed by atoms with Crippen LogP contribution in [-0.4, -0.2) is 37.9 Å². The second-order valence-corrected chi connectivity index (χ2v) is 4.88. The van der Waals surface area contributed by atoms with Crippen LogP contribution in [0.15, 0.2) is 18.2 Å². The molecular weight excluding hydrogens is 230 g/mol. The van der Waals surface area contributed by atoms with Gasteiger partial charge in [-0.1, -0.05) is 6.07 Å². The van der Waals surface area contributed by atoms with Crippen LogP contribution in [0.2, 0.25) is 0 Å². The summed E-state index contributed by atoms with van der Waals surface area (Å²) in [7, 11) is 1.71. The lowest BCUT2D eigenvalue weighted by atomic mass is 10.1. The first-order valence-corrected chi connectivity index (χ1v) is 6.19. The van der Waals surface area contributed by atoms with Crippen molar-refractivity contribution in [1.29, 1.82) is 0 Å². The van der Waals surface area contributed by atoms with Crippen LogP contribution in [0.5, 0.6) is 0 Å². The number of ether oxygens (including phenoxy) is 1. The van der Waals surface area contributed by atoms with Gasteiger partial charge < -0.3 is 14.7 Å². The maximum atomic E-state index is 11.2. The minimum absolute atomic E-state index is 0.388. The molecule has 0 radical (unpaired) electrons. The van der Waals surface area contributed by atoms with Crippen LogP contribution in [0.1, 0.15) is 22.3 Å². The van der Waals surface area contributed by atoms with Crippen LogP contribution in [0.25, 0.3) is 0 Å². The third-order valence-corrected chi connectivity index (χ3v) is 3.41. The molecule has 1 heterocycles. The molecule has 0 saturated carbocycles. The first-order valence-electron chi connectivity index (χ1n) is 6.19. The van der Waals surface area contributed by atoms with E-state index >= 15 is 0 Å². The number of carboxylic acids is 1. The normalized spacial score (nSPS) is 19.2. The minimum atomic E-state index is -0.861. The fraction of sp³-hybridized carbons (Fsp3) is 0.500. The quantitative estimate of drug-likeness (QED) is 0.888. The number of hydrogen-bond donors (Lipinski definition) is 1. The topological polar surface area (TPSA) is 49.8 Å². The highest BCUT2D eigenvalue weighted by Crippen LogP contribution is 2.28. The Balaban J connectivity index is 2.23. The van der Waals surface area contributed by atoms with Crippen molar-refractivity contribution in [2.24, 2.45) is 5.92 Å². The molecule has 1 atom stereocenters. The van der Waals surface area contributed by atoms with Crippen molar-refractivity contribution in [2.45, 2.75) is 13.3 Å². The van der Waals surface area contributed by atoms with Gasteiger partial charge in [0, 0.05) is 26.1 Å². The van der Waals surface area contributed by atoms with Gasteiger partial charge in [-0.25, -0.2) is 4.79 Å². The van der Waals surface area contributed by atoms with E-state index in [1.807, 2.05) is 19.1 Å². The number of carboxylic acid groups (broad SMARTS) is 1. The van der Waals surface area contributed by atoms with E-state index in [2.05, 4.69) is 4.90 Å². The molecule has 0 amide bonds. The van der Waals surface area contributed by atoms with Crippen molar-refractivity contribution in [3.63, 3.8) is 0 Å². The summed E-state index contributed by atoms with van der Waals surface area (Å²) < 4.78 is 5.17. The second-order valence-electron chi connectivity index (χ2n) is 4.88. The van der Waals surface area contributed by atoms with E-state index in [9.17, 15) is 9.90 Å². The number of methoxy groups -OCH3 is 1. The molecular formula is C14H19NO3. The molecule has 4 nitrogen and oxygen atoms in total. The predicted molar refractivity (Wildman–Crippen MR) is 70.3 cm³/mol. The Morgan fingerprint density at radius 3 is 3.00 bits per heavy atom. The molecule has 1 unspecified atom stereocenters. The van der Waals surface area contributed by atoms with Crippen LogP contribution in [0.4, 0.5) is 5.69 Å². The van der Waals surface area contributed by atoms with Crippen LogP contribution in [0, 0.1) is 12.8 Å². The molecule has 1 N–H and O–H groups in total. The minimum Gasteiger partial charge on any atom is -0.478 e. The lowest BCUT2D eigenvalue weighted by molar-refractivity contribution is 0.0697. The smallest absolute Gasteiger partial charge is 0.337 e. The molecule has 2 rings (SSSR count). The summed E-state index contributed by atoms with van der Waals surface area (Å²) in [6.07, 6.45) is 1.06. The molecule has 1 aliphatic heterocycles. The highest BCUT2D eigenvalue weighted by atomic mass is 16.5. The van der Waals surface area contributed by atoms with Gasteiger partial charge in [0.05, 0.1) is 17.9 Å². The van der Waals surface area contributed by atoms with Gasteiger partial charge in [0.1, 0.15) is 0 Å². The summed E-state index contributed by atoms with van der Waals surface area (Å²) in [6, 6.07) is 5.49. The Hall–Kier alpha value is -1.55. The number of aromatic carboxylic acids is 1. The number of anilines is 1. The molecule has 1 fully saturated rings. The molecule has 1 aromatic carbocycles. The zero-order valence-corrected chi connectivity index (χ0v) is 10.8. The molecule has 0 aliphatic carbocycles. The second kappa shape index (κ2) is 5.40. The average molecular weight is 249 g/mol. The van der Waals surface area contributed by atoms with E-state index in [-0.39, 0.29) is 0 Å². The predicted octanol–water partition coefficient (Wildman–Crippen LogP) is 2.17. The van der Waals surface area contributed by atoms with Gasteiger partial charge in [-0.05, 0) is 31.0 Å². The fourth-order valence-corrected chi connectivity index (χ4v) is 2.51. The maximum absolute atomic E-state index is 11.2. The van der Waals surface area contributed by atoms with Crippen molar-refractivity contribution < 1.29 is 14.6 Å². The largest absolute Gasteiger partial charge is 0.478 e. The van der Waals surface area contributed by atoms with Gasteiger partial charge >= 0.3 is 5.97 Å². The number of carbonyl (C=O) groups is 1. The van der Waals surface area contributed by atoms with Gasteiger partial charge in [0.15, 0.2) is 0 Å². The monoisotopic (exact) mass is 249 g/mol. The maximum Gasteiger partial charge on any atom is 0.337 e. The molecule has 0 spiro atoms. The van der Waals surface area contributed by atoms with Crippen molar-refractivity contribution >= 4 is 11.7 Å². The first-order chi connectivity index (χ1) is 8.61. The summed E-state index contributed by atoms with van der Waals surface area (Å²) >= 11 is 0. The Kier molecular flexibility index (Phi) is 3.87. The van der Waals surface area contributed by atoms with Gasteiger partial charge in [0.25, 0.3) is 0 Å². The van der Waals surface area contributed by atoms with E-state index in [0.717, 1.165) is 37.4 Å². The van der Waals surface area contributed by atoms with Crippen LogP contribution in [-0.2, 0) is 4.74 Å². The molecule has 1 aliphatic rings. The van der Waals surface area contributed by atoms with Crippen molar-refractivity contribution in [2.75, 3.05) is 31.7 Å². The molecule has 1 saturated heterocycles. The number of rotatable bonds is 4. The Bertz CT molecular complexity index is 445. The number of aryl methyl sites for hydroxylation is 1. The number of nitrogens with zero attached hydrogens (tertiary/aromatic N) is 1. The number of hydrogen-bond acceptors (Lipinski definition) is 3. The molecule has 18 heavy (non-hydrogen) atoms. The summed E-state index contributed by atoms with van der Waals surface area (Å²) in [4.78, 5) is 13.4. The summed E-state index contributed by atoms with van der Waals surface area (Å²) in [6.45, 7) is 4.50. The van der Waals surface area contributed by atoms with Crippen LogP contribution in [0.3, 0.4) is 0 Å². The van der Waals surface area contributed by atoms with Gasteiger partial charge in [0.2, 0.25) is 0 Å². The van der Waals surface area contributed by atoms with Crippen LogP contribution >= 0.6 is 0 Å². The zero-order valence-electron chi connectivity index (χ0n) is 10.8. The molecule has 0 aromatic heterocycles. The van der Waals surface area contributed by atoms with E-state index in [1.165, 1.54) is 0 Å². The Labute approximate surface area is 107 Å². The van der Waals surface area contributed by atoms with Crippen molar-refractivity contribution in [3.8, 4) is 0 Å². The average Bonchev–Trinajstić information content (AvgIpc) is 2.77. The molecule has 0 bridgehead atoms. The lowest BCUT2D eigenvalue weighted by Crippen LogP contribution is -2.23. The van der Waals surface area contributed by atoms with E-state index < -0.39 is 5.97 Å². The number of benzene rings is 1. The van der Waals surface area contributed by atoms with Crippen molar-refractivity contribution in [1.82, 2.24) is 0 Å². The van der Waals surface area contributed by atoms with E-state index in [4.69, 9.17) is 4.74 Å². The molecule has 4 heteroatoms. The Morgan fingerprint density at radius 2 is 2.33 bits per heavy atom. The summed E-state index contributed by atoms with van der Waals surface area (Å²) in [5.74, 6) is -0.364. The Morgan fingerprint density at radius 1 is 1.56 bits per heavy atom. The molecule has 98 valence electrons. The standard InChI is InChI=1S/C14H19NO3/c1-10-3-4-12(14(16)17)13(7-10)15-6-5-11(8-15)9-18-2/h3-4,7,11H,5-6,8-9H2,1-2H3,(H,16,17). The summed E-state index contributed by atoms with van der Waals surface area (Å²) in [5.41, 5.74) is 2.31. The van der Waals surface area contributed by atoms with Crippen molar-refractivity contribution in [3.05, 3.63) is 29.3 Å². The molecule has 1 aromatic rings. The van der Waals surface area contributed by atoms with E-state index in [1.54, 1.807) is 13.2 Å². The third kappa shape index (κ3) is 2.64. The summed E-state index contributed by atoms with van der Waals surface area (Å²) in [5, 5.41) is 9.23. The van der Waals surface area contributed by atoms with Gasteiger partial charge in [-0.3, -0.25) is 0 Å². The highest BCUT2D eigenvalue weighted by Gasteiger charge is 2.25. The van der Waals surface area contributed by atoms with Crippen LogP contribution < -0.4 is 4.90 Å². The van der Waals surface area contributed by atoms with Gasteiger partial charge in [-0.15, -0.1) is 0 Å². The first kappa shape index (κ1) is 12.9. The fourth-order valence-electron chi connectivity index (χ4n) is 2.51.